The van der Waals surface area contributed by atoms with Crippen LogP contribution >= 0.6 is 0 Å². The standard InChI is InChI=1S/C24H28N2O5/c1-16-13-21(27)25-18-10-6-7-11-19(18)26(16)22(28)14-31-23(29)15-30-20-12-8-5-9-17(20)24(2,3)4/h5-12,16H,13-15H2,1-4H3,(H,25,27)/t16-/m1/s1. The van der Waals surface area contributed by atoms with E-state index in [9.17, 15) is 14.4 Å². The summed E-state index contributed by atoms with van der Waals surface area (Å²) in [5.41, 5.74) is 1.97. The van der Waals surface area contributed by atoms with E-state index in [1.165, 1.54) is 4.90 Å². The maximum Gasteiger partial charge on any atom is 0.344 e. The van der Waals surface area contributed by atoms with Crippen molar-refractivity contribution in [1.29, 1.82) is 0 Å². The molecular weight excluding hydrogens is 396 g/mol. The third-order valence-electron chi connectivity index (χ3n) is 5.03. The first-order valence-electron chi connectivity index (χ1n) is 10.3. The molecule has 0 aliphatic carbocycles. The number of nitrogens with zero attached hydrogens (tertiary/aromatic N) is 1. The summed E-state index contributed by atoms with van der Waals surface area (Å²) >= 11 is 0. The number of fused-ring (bicyclic) bond motifs is 1. The first-order chi connectivity index (χ1) is 14.7. The lowest BCUT2D eigenvalue weighted by Crippen LogP contribution is -2.41. The molecule has 3 rings (SSSR count). The molecule has 0 unspecified atom stereocenters. The summed E-state index contributed by atoms with van der Waals surface area (Å²) in [4.78, 5) is 38.6. The van der Waals surface area contributed by atoms with E-state index >= 15 is 0 Å². The first kappa shape index (κ1) is 22.3. The summed E-state index contributed by atoms with van der Waals surface area (Å²) in [6.07, 6.45) is 0.154. The number of benzene rings is 2. The Morgan fingerprint density at radius 2 is 1.74 bits per heavy atom. The Kier molecular flexibility index (Phi) is 6.63. The topological polar surface area (TPSA) is 84.9 Å². The van der Waals surface area contributed by atoms with Crippen molar-refractivity contribution < 1.29 is 23.9 Å². The molecule has 0 radical (unpaired) electrons. The second kappa shape index (κ2) is 9.20. The molecule has 0 bridgehead atoms. The summed E-state index contributed by atoms with van der Waals surface area (Å²) < 4.78 is 10.8. The van der Waals surface area contributed by atoms with Crippen LogP contribution in [0.25, 0.3) is 0 Å². The Hall–Kier alpha value is -3.35. The summed E-state index contributed by atoms with van der Waals surface area (Å²) in [5.74, 6) is -0.599. The highest BCUT2D eigenvalue weighted by atomic mass is 16.6. The van der Waals surface area contributed by atoms with Gasteiger partial charge in [0.05, 0.1) is 11.4 Å². The maximum absolute atomic E-state index is 12.9. The van der Waals surface area contributed by atoms with Crippen molar-refractivity contribution >= 4 is 29.2 Å². The largest absolute Gasteiger partial charge is 0.482 e. The molecule has 0 spiro atoms. The van der Waals surface area contributed by atoms with Crippen LogP contribution in [0.2, 0.25) is 0 Å². The Balaban J connectivity index is 1.62. The van der Waals surface area contributed by atoms with Crippen LogP contribution in [0.1, 0.15) is 39.7 Å². The van der Waals surface area contributed by atoms with Crippen molar-refractivity contribution in [3.63, 3.8) is 0 Å². The van der Waals surface area contributed by atoms with Crippen molar-refractivity contribution in [3.05, 3.63) is 54.1 Å². The van der Waals surface area contributed by atoms with Gasteiger partial charge in [0.15, 0.2) is 13.2 Å². The SMILES string of the molecule is C[C@@H]1CC(=O)Nc2ccccc2N1C(=O)COC(=O)COc1ccccc1C(C)(C)C. The fourth-order valence-corrected chi connectivity index (χ4v) is 3.57. The normalized spacial score (nSPS) is 16.1. The quantitative estimate of drug-likeness (QED) is 0.741. The van der Waals surface area contributed by atoms with E-state index in [0.29, 0.717) is 17.1 Å². The molecule has 0 aromatic heterocycles. The van der Waals surface area contributed by atoms with Gasteiger partial charge in [-0.3, -0.25) is 9.59 Å². The fourth-order valence-electron chi connectivity index (χ4n) is 3.57. The molecule has 1 aliphatic heterocycles. The van der Waals surface area contributed by atoms with Gasteiger partial charge < -0.3 is 19.7 Å². The van der Waals surface area contributed by atoms with Crippen LogP contribution in [-0.2, 0) is 24.5 Å². The predicted molar refractivity (Wildman–Crippen MR) is 118 cm³/mol. The Labute approximate surface area is 182 Å². The summed E-state index contributed by atoms with van der Waals surface area (Å²) in [6, 6.07) is 14.2. The molecule has 2 amide bonds. The van der Waals surface area contributed by atoms with E-state index in [1.807, 2.05) is 18.2 Å². The van der Waals surface area contributed by atoms with Crippen LogP contribution in [0.4, 0.5) is 11.4 Å². The molecule has 164 valence electrons. The molecule has 1 atom stereocenters. The van der Waals surface area contributed by atoms with E-state index in [1.54, 1.807) is 37.3 Å². The first-order valence-corrected chi connectivity index (χ1v) is 10.3. The molecule has 7 nitrogen and oxygen atoms in total. The van der Waals surface area contributed by atoms with Gasteiger partial charge in [0.2, 0.25) is 5.91 Å². The van der Waals surface area contributed by atoms with Crippen LogP contribution in [0.15, 0.2) is 48.5 Å². The number of para-hydroxylation sites is 3. The number of carbonyl (C=O) groups excluding carboxylic acids is 3. The maximum atomic E-state index is 12.9. The van der Waals surface area contributed by atoms with Crippen LogP contribution in [0.3, 0.4) is 0 Å². The molecule has 1 heterocycles. The third-order valence-corrected chi connectivity index (χ3v) is 5.03. The second-order valence-corrected chi connectivity index (χ2v) is 8.58. The number of hydrogen-bond donors (Lipinski definition) is 1. The molecule has 31 heavy (non-hydrogen) atoms. The number of rotatable bonds is 5. The Bertz CT molecular complexity index is 980. The zero-order valence-electron chi connectivity index (χ0n) is 18.3. The van der Waals surface area contributed by atoms with Gasteiger partial charge in [0.1, 0.15) is 5.75 Å². The van der Waals surface area contributed by atoms with Crippen molar-refractivity contribution in [2.45, 2.75) is 45.6 Å². The highest BCUT2D eigenvalue weighted by molar-refractivity contribution is 6.05. The van der Waals surface area contributed by atoms with Gasteiger partial charge in [0, 0.05) is 12.5 Å². The monoisotopic (exact) mass is 424 g/mol. The average molecular weight is 424 g/mol. The summed E-state index contributed by atoms with van der Waals surface area (Å²) in [5, 5.41) is 2.80. The smallest absolute Gasteiger partial charge is 0.344 e. The van der Waals surface area contributed by atoms with Crippen LogP contribution in [0, 0.1) is 0 Å². The van der Waals surface area contributed by atoms with Gasteiger partial charge in [0.25, 0.3) is 5.91 Å². The summed E-state index contributed by atoms with van der Waals surface area (Å²) in [6.45, 7) is 7.24. The number of hydrogen-bond acceptors (Lipinski definition) is 5. The highest BCUT2D eigenvalue weighted by Crippen LogP contribution is 2.32. The fraction of sp³-hybridized carbons (Fsp3) is 0.375. The lowest BCUT2D eigenvalue weighted by Gasteiger charge is -2.27. The van der Waals surface area contributed by atoms with E-state index in [0.717, 1.165) is 5.56 Å². The lowest BCUT2D eigenvalue weighted by atomic mass is 9.86. The van der Waals surface area contributed by atoms with Crippen LogP contribution in [-0.4, -0.2) is 37.0 Å². The molecular formula is C24H28N2O5. The van der Waals surface area contributed by atoms with E-state index < -0.39 is 18.5 Å². The number of anilines is 2. The number of ether oxygens (including phenoxy) is 2. The Morgan fingerprint density at radius 3 is 2.48 bits per heavy atom. The van der Waals surface area contributed by atoms with Gasteiger partial charge in [-0.2, -0.15) is 0 Å². The van der Waals surface area contributed by atoms with E-state index in [-0.39, 0.29) is 30.4 Å². The van der Waals surface area contributed by atoms with Gasteiger partial charge in [-0.05, 0) is 36.1 Å². The zero-order chi connectivity index (χ0) is 22.6. The van der Waals surface area contributed by atoms with Gasteiger partial charge in [-0.15, -0.1) is 0 Å². The molecule has 1 aliphatic rings. The number of carbonyl (C=O) groups is 3. The Morgan fingerprint density at radius 1 is 1.06 bits per heavy atom. The molecule has 1 N–H and O–H groups in total. The van der Waals surface area contributed by atoms with E-state index in [4.69, 9.17) is 9.47 Å². The minimum atomic E-state index is -0.637. The predicted octanol–water partition coefficient (Wildman–Crippen LogP) is 3.67. The van der Waals surface area contributed by atoms with Crippen LogP contribution in [0.5, 0.6) is 5.75 Å². The van der Waals surface area contributed by atoms with Crippen LogP contribution < -0.4 is 15.0 Å². The number of nitrogens with one attached hydrogen (secondary N) is 1. The minimum absolute atomic E-state index is 0.141. The van der Waals surface area contributed by atoms with Crippen molar-refractivity contribution in [2.75, 3.05) is 23.4 Å². The number of amides is 2. The molecule has 0 fully saturated rings. The van der Waals surface area contributed by atoms with E-state index in [2.05, 4.69) is 26.1 Å². The zero-order valence-corrected chi connectivity index (χ0v) is 18.3. The van der Waals surface area contributed by atoms with Gasteiger partial charge in [-0.25, -0.2) is 4.79 Å². The van der Waals surface area contributed by atoms with Crippen molar-refractivity contribution in [2.24, 2.45) is 0 Å². The third kappa shape index (κ3) is 5.42. The molecule has 2 aromatic rings. The summed E-state index contributed by atoms with van der Waals surface area (Å²) in [7, 11) is 0. The van der Waals surface area contributed by atoms with Gasteiger partial charge >= 0.3 is 5.97 Å². The molecule has 0 saturated carbocycles. The molecule has 7 heteroatoms. The van der Waals surface area contributed by atoms with Crippen molar-refractivity contribution in [3.8, 4) is 5.75 Å². The second-order valence-electron chi connectivity index (χ2n) is 8.58. The lowest BCUT2D eigenvalue weighted by molar-refractivity contribution is -0.150. The minimum Gasteiger partial charge on any atom is -0.482 e. The molecule has 0 saturated heterocycles. The van der Waals surface area contributed by atoms with Gasteiger partial charge in [-0.1, -0.05) is 51.1 Å². The number of esters is 1. The average Bonchev–Trinajstić information content (AvgIpc) is 2.84. The molecule has 2 aromatic carbocycles. The van der Waals surface area contributed by atoms with Crippen molar-refractivity contribution in [1.82, 2.24) is 0 Å². The highest BCUT2D eigenvalue weighted by Gasteiger charge is 2.30.